The Kier molecular flexibility index (Phi) is 3.08. The molecule has 0 saturated carbocycles. The Morgan fingerprint density at radius 3 is 2.43 bits per heavy atom. The molecule has 0 aliphatic carbocycles. The quantitative estimate of drug-likeness (QED) is 0.568. The van der Waals surface area contributed by atoms with Gasteiger partial charge in [-0.15, -0.1) is 5.73 Å². The first-order valence-electron chi connectivity index (χ1n) is 4.43. The van der Waals surface area contributed by atoms with Gasteiger partial charge in [0, 0.05) is 5.57 Å². The van der Waals surface area contributed by atoms with E-state index in [1.54, 1.807) is 13.0 Å². The molecule has 1 N–H and O–H groups in total. The summed E-state index contributed by atoms with van der Waals surface area (Å²) in [5.74, 6) is 0. The molecule has 0 bridgehead atoms. The second-order valence-electron chi connectivity index (χ2n) is 3.23. The maximum Gasteiger partial charge on any atom is 0.119 e. The lowest BCUT2D eigenvalue weighted by atomic mass is 9.88. The third-order valence-electron chi connectivity index (χ3n) is 2.25. The summed E-state index contributed by atoms with van der Waals surface area (Å²) in [5.41, 5.74) is 3.02. The van der Waals surface area contributed by atoms with Gasteiger partial charge in [0.15, 0.2) is 0 Å². The SMILES string of the molecule is C=C=C(C=C)C(C)(O)c1ccccc1. The average Bonchev–Trinajstić information content (AvgIpc) is 2.20. The molecule has 0 aromatic heterocycles. The third-order valence-corrected chi connectivity index (χ3v) is 2.25. The van der Waals surface area contributed by atoms with Crippen LogP contribution in [-0.4, -0.2) is 5.11 Å². The fraction of sp³-hybridized carbons (Fsp3) is 0.154. The van der Waals surface area contributed by atoms with Crippen molar-refractivity contribution in [2.75, 3.05) is 0 Å². The average molecular weight is 186 g/mol. The van der Waals surface area contributed by atoms with E-state index in [4.69, 9.17) is 0 Å². The molecule has 0 amide bonds. The maximum atomic E-state index is 10.2. The molecule has 0 heterocycles. The number of hydrogen-bond donors (Lipinski definition) is 1. The Morgan fingerprint density at radius 2 is 2.00 bits per heavy atom. The molecule has 1 atom stereocenters. The van der Waals surface area contributed by atoms with Crippen LogP contribution in [0.5, 0.6) is 0 Å². The van der Waals surface area contributed by atoms with Gasteiger partial charge in [-0.1, -0.05) is 49.6 Å². The number of benzene rings is 1. The molecule has 1 aromatic carbocycles. The zero-order valence-corrected chi connectivity index (χ0v) is 8.33. The summed E-state index contributed by atoms with van der Waals surface area (Å²) in [5, 5.41) is 10.2. The van der Waals surface area contributed by atoms with Gasteiger partial charge in [-0.3, -0.25) is 0 Å². The van der Waals surface area contributed by atoms with Crippen LogP contribution in [0.2, 0.25) is 0 Å². The Hall–Kier alpha value is -1.56. The second kappa shape index (κ2) is 4.10. The molecular formula is C13H14O. The van der Waals surface area contributed by atoms with Crippen molar-refractivity contribution in [2.24, 2.45) is 0 Å². The molecule has 1 nitrogen and oxygen atoms in total. The molecule has 0 saturated heterocycles. The van der Waals surface area contributed by atoms with E-state index in [2.05, 4.69) is 18.9 Å². The molecule has 0 radical (unpaired) electrons. The van der Waals surface area contributed by atoms with E-state index < -0.39 is 5.60 Å². The molecular weight excluding hydrogens is 172 g/mol. The molecule has 1 rings (SSSR count). The van der Waals surface area contributed by atoms with Crippen LogP contribution in [0.1, 0.15) is 12.5 Å². The van der Waals surface area contributed by atoms with Gasteiger partial charge in [0.25, 0.3) is 0 Å². The van der Waals surface area contributed by atoms with Crippen LogP contribution < -0.4 is 0 Å². The minimum Gasteiger partial charge on any atom is -0.380 e. The van der Waals surface area contributed by atoms with Crippen LogP contribution in [0.4, 0.5) is 0 Å². The molecule has 1 aromatic rings. The molecule has 1 heteroatoms. The lowest BCUT2D eigenvalue weighted by Gasteiger charge is -2.23. The van der Waals surface area contributed by atoms with Crippen molar-refractivity contribution in [3.63, 3.8) is 0 Å². The molecule has 0 aliphatic rings. The zero-order chi connectivity index (χ0) is 10.6. The largest absolute Gasteiger partial charge is 0.380 e. The summed E-state index contributed by atoms with van der Waals surface area (Å²) in [6, 6.07) is 9.40. The first-order valence-corrected chi connectivity index (χ1v) is 4.43. The van der Waals surface area contributed by atoms with Gasteiger partial charge in [0.1, 0.15) is 5.60 Å². The minimum atomic E-state index is -1.06. The van der Waals surface area contributed by atoms with E-state index >= 15 is 0 Å². The highest BCUT2D eigenvalue weighted by Crippen LogP contribution is 2.28. The minimum absolute atomic E-state index is 0.587. The van der Waals surface area contributed by atoms with Gasteiger partial charge in [0.05, 0.1) is 0 Å². The lowest BCUT2D eigenvalue weighted by molar-refractivity contribution is 0.102. The van der Waals surface area contributed by atoms with Gasteiger partial charge >= 0.3 is 0 Å². The Balaban J connectivity index is 3.20. The van der Waals surface area contributed by atoms with Gasteiger partial charge in [-0.2, -0.15) is 0 Å². The van der Waals surface area contributed by atoms with E-state index in [-0.39, 0.29) is 0 Å². The fourth-order valence-corrected chi connectivity index (χ4v) is 1.36. The van der Waals surface area contributed by atoms with Crippen LogP contribution in [0.3, 0.4) is 0 Å². The summed E-state index contributed by atoms with van der Waals surface area (Å²) >= 11 is 0. The summed E-state index contributed by atoms with van der Waals surface area (Å²) in [6.07, 6.45) is 1.57. The van der Waals surface area contributed by atoms with Crippen molar-refractivity contribution in [3.8, 4) is 0 Å². The van der Waals surface area contributed by atoms with Crippen molar-refractivity contribution in [1.29, 1.82) is 0 Å². The van der Waals surface area contributed by atoms with E-state index in [1.165, 1.54) is 0 Å². The highest BCUT2D eigenvalue weighted by molar-refractivity contribution is 5.35. The summed E-state index contributed by atoms with van der Waals surface area (Å²) in [6.45, 7) is 8.86. The Morgan fingerprint density at radius 1 is 1.43 bits per heavy atom. The summed E-state index contributed by atoms with van der Waals surface area (Å²) in [7, 11) is 0. The number of hydrogen-bond acceptors (Lipinski definition) is 1. The normalized spacial score (nSPS) is 13.9. The van der Waals surface area contributed by atoms with E-state index in [0.717, 1.165) is 5.56 Å². The van der Waals surface area contributed by atoms with Crippen LogP contribution in [0.25, 0.3) is 0 Å². The summed E-state index contributed by atoms with van der Waals surface area (Å²) < 4.78 is 0. The fourth-order valence-electron chi connectivity index (χ4n) is 1.36. The van der Waals surface area contributed by atoms with E-state index in [0.29, 0.717) is 5.57 Å². The topological polar surface area (TPSA) is 20.2 Å². The lowest BCUT2D eigenvalue weighted by Crippen LogP contribution is -2.22. The number of rotatable bonds is 3. The highest BCUT2D eigenvalue weighted by atomic mass is 16.3. The Labute approximate surface area is 84.7 Å². The third kappa shape index (κ3) is 1.85. The molecule has 1 unspecified atom stereocenters. The molecule has 0 spiro atoms. The van der Waals surface area contributed by atoms with Gasteiger partial charge in [-0.05, 0) is 12.5 Å². The van der Waals surface area contributed by atoms with Crippen LogP contribution >= 0.6 is 0 Å². The van der Waals surface area contributed by atoms with Crippen LogP contribution in [0, 0.1) is 0 Å². The predicted molar refractivity (Wildman–Crippen MR) is 58.9 cm³/mol. The zero-order valence-electron chi connectivity index (χ0n) is 8.33. The standard InChI is InChI=1S/C13H14O/c1-4-11(5-2)13(3,14)12-9-7-6-8-10-12/h4,6-10,14H,1-2H2,3H3. The van der Waals surface area contributed by atoms with Crippen molar-refractivity contribution < 1.29 is 5.11 Å². The van der Waals surface area contributed by atoms with E-state index in [9.17, 15) is 5.11 Å². The highest BCUT2D eigenvalue weighted by Gasteiger charge is 2.25. The second-order valence-corrected chi connectivity index (χ2v) is 3.23. The number of aliphatic hydroxyl groups is 1. The van der Waals surface area contributed by atoms with Crippen molar-refractivity contribution in [2.45, 2.75) is 12.5 Å². The molecule has 72 valence electrons. The van der Waals surface area contributed by atoms with Crippen LogP contribution in [0.15, 0.2) is 60.9 Å². The summed E-state index contributed by atoms with van der Waals surface area (Å²) in [4.78, 5) is 0. The Bertz CT molecular complexity index is 367. The van der Waals surface area contributed by atoms with Gasteiger partial charge < -0.3 is 5.11 Å². The first kappa shape index (κ1) is 10.5. The van der Waals surface area contributed by atoms with Gasteiger partial charge in [0.2, 0.25) is 0 Å². The van der Waals surface area contributed by atoms with Crippen molar-refractivity contribution in [1.82, 2.24) is 0 Å². The van der Waals surface area contributed by atoms with Crippen LogP contribution in [-0.2, 0) is 5.60 Å². The molecule has 0 fully saturated rings. The monoisotopic (exact) mass is 186 g/mol. The van der Waals surface area contributed by atoms with Crippen molar-refractivity contribution in [3.05, 3.63) is 66.4 Å². The van der Waals surface area contributed by atoms with Crippen molar-refractivity contribution >= 4 is 0 Å². The first-order chi connectivity index (χ1) is 6.62. The van der Waals surface area contributed by atoms with Gasteiger partial charge in [-0.25, -0.2) is 0 Å². The maximum absolute atomic E-state index is 10.2. The molecule has 0 aliphatic heterocycles. The predicted octanol–water partition coefficient (Wildman–Crippen LogP) is 2.79. The molecule has 14 heavy (non-hydrogen) atoms. The van der Waals surface area contributed by atoms with E-state index in [1.807, 2.05) is 30.3 Å². The smallest absolute Gasteiger partial charge is 0.119 e.